The summed E-state index contributed by atoms with van der Waals surface area (Å²) < 4.78 is 2.28. The smallest absolute Gasteiger partial charge is 0.112 e. The van der Waals surface area contributed by atoms with E-state index in [4.69, 9.17) is 5.10 Å². The number of likely N-dealkylation sites (N-methyl/N-ethyl adjacent to an activating group) is 2. The Morgan fingerprint density at radius 1 is 1.30 bits per heavy atom. The van der Waals surface area contributed by atoms with E-state index in [2.05, 4.69) is 33.8 Å². The molecule has 1 unspecified atom stereocenters. The van der Waals surface area contributed by atoms with Crippen molar-refractivity contribution < 1.29 is 5.11 Å². The van der Waals surface area contributed by atoms with Gasteiger partial charge in [0, 0.05) is 55.9 Å². The molecule has 6 heteroatoms. The van der Waals surface area contributed by atoms with E-state index in [1.54, 1.807) is 5.56 Å². The maximum absolute atomic E-state index is 10.7. The highest BCUT2D eigenvalue weighted by molar-refractivity contribution is 5.33. The van der Waals surface area contributed by atoms with Crippen LogP contribution in [0.1, 0.15) is 61.9 Å². The number of hydrogen-bond donors (Lipinski definition) is 2. The van der Waals surface area contributed by atoms with Crippen molar-refractivity contribution >= 4 is 0 Å². The molecule has 1 aromatic rings. The molecule has 4 rings (SSSR count). The van der Waals surface area contributed by atoms with Crippen molar-refractivity contribution in [1.82, 2.24) is 24.9 Å². The maximum atomic E-state index is 10.7. The summed E-state index contributed by atoms with van der Waals surface area (Å²) in [4.78, 5) is 4.71. The van der Waals surface area contributed by atoms with E-state index in [9.17, 15) is 5.11 Å². The van der Waals surface area contributed by atoms with Crippen molar-refractivity contribution in [3.63, 3.8) is 0 Å². The van der Waals surface area contributed by atoms with E-state index in [0.29, 0.717) is 5.92 Å². The average Bonchev–Trinajstić information content (AvgIpc) is 3.11. The lowest BCUT2D eigenvalue weighted by molar-refractivity contribution is -0.0565. The van der Waals surface area contributed by atoms with Gasteiger partial charge in [-0.1, -0.05) is 6.92 Å². The largest absolute Gasteiger partial charge is 0.378 e. The summed E-state index contributed by atoms with van der Waals surface area (Å²) in [7, 11) is 4.20. The quantitative estimate of drug-likeness (QED) is 0.725. The first-order chi connectivity index (χ1) is 13.0. The Balaban J connectivity index is 1.45. The number of nitrogens with one attached hydrogen (secondary N) is 1. The lowest BCUT2D eigenvalue weighted by atomic mass is 9.86. The van der Waals surface area contributed by atoms with Crippen LogP contribution >= 0.6 is 0 Å². The Kier molecular flexibility index (Phi) is 5.61. The number of aryl methyl sites for hydroxylation is 1. The van der Waals surface area contributed by atoms with Gasteiger partial charge in [0.05, 0.1) is 5.69 Å². The molecule has 1 saturated heterocycles. The number of rotatable bonds is 8. The van der Waals surface area contributed by atoms with Gasteiger partial charge in [-0.25, -0.2) is 0 Å². The zero-order valence-electron chi connectivity index (χ0n) is 17.4. The van der Waals surface area contributed by atoms with Crippen molar-refractivity contribution in [2.24, 2.45) is 5.41 Å². The molecule has 0 amide bonds. The van der Waals surface area contributed by atoms with Crippen molar-refractivity contribution in [1.29, 1.82) is 0 Å². The third-order valence-electron chi connectivity index (χ3n) is 7.07. The second-order valence-electron chi connectivity index (χ2n) is 9.31. The summed E-state index contributed by atoms with van der Waals surface area (Å²) in [6.45, 7) is 8.34. The van der Waals surface area contributed by atoms with Crippen LogP contribution in [0.25, 0.3) is 0 Å². The van der Waals surface area contributed by atoms with Gasteiger partial charge in [0.2, 0.25) is 0 Å². The van der Waals surface area contributed by atoms with Crippen molar-refractivity contribution in [2.45, 2.75) is 70.7 Å². The third-order valence-corrected chi connectivity index (χ3v) is 7.07. The van der Waals surface area contributed by atoms with E-state index in [0.717, 1.165) is 52.1 Å². The second kappa shape index (κ2) is 7.82. The summed E-state index contributed by atoms with van der Waals surface area (Å²) in [6.07, 6.45) is 6.83. The third kappa shape index (κ3) is 3.95. The molecule has 27 heavy (non-hydrogen) atoms. The number of piperidine rings is 1. The monoisotopic (exact) mass is 375 g/mol. The van der Waals surface area contributed by atoms with Crippen LogP contribution in [0, 0.1) is 5.41 Å². The minimum atomic E-state index is -0.247. The van der Waals surface area contributed by atoms with Crippen molar-refractivity contribution in [3.8, 4) is 0 Å². The van der Waals surface area contributed by atoms with Crippen molar-refractivity contribution in [2.75, 3.05) is 40.3 Å². The van der Waals surface area contributed by atoms with Crippen LogP contribution in [0.2, 0.25) is 0 Å². The Hall–Kier alpha value is -0.950. The van der Waals surface area contributed by atoms with Crippen LogP contribution < -0.4 is 5.32 Å². The Bertz CT molecular complexity index is 645. The highest BCUT2D eigenvalue weighted by atomic mass is 16.3. The maximum Gasteiger partial charge on any atom is 0.112 e. The first kappa shape index (κ1) is 19.4. The van der Waals surface area contributed by atoms with Gasteiger partial charge in [-0.15, -0.1) is 0 Å². The summed E-state index contributed by atoms with van der Waals surface area (Å²) in [6, 6.07) is 0. The van der Waals surface area contributed by atoms with Crippen LogP contribution in [0.15, 0.2) is 0 Å². The normalized spacial score (nSPS) is 23.7. The van der Waals surface area contributed by atoms with E-state index < -0.39 is 0 Å². The van der Waals surface area contributed by atoms with Gasteiger partial charge in [-0.2, -0.15) is 5.10 Å². The first-order valence-corrected chi connectivity index (χ1v) is 10.9. The van der Waals surface area contributed by atoms with Crippen LogP contribution in [0.4, 0.5) is 0 Å². The minimum Gasteiger partial charge on any atom is -0.378 e. The zero-order valence-corrected chi connectivity index (χ0v) is 17.4. The van der Waals surface area contributed by atoms with Gasteiger partial charge >= 0.3 is 0 Å². The molecule has 0 aromatic carbocycles. The predicted molar refractivity (Wildman–Crippen MR) is 108 cm³/mol. The number of fused-ring (bicyclic) bond motifs is 1. The molecular formula is C21H37N5O. The molecule has 1 aromatic heterocycles. The molecule has 2 fully saturated rings. The van der Waals surface area contributed by atoms with Gasteiger partial charge in [0.1, 0.15) is 6.23 Å². The fourth-order valence-corrected chi connectivity index (χ4v) is 4.96. The molecule has 1 aliphatic carbocycles. The number of nitrogens with zero attached hydrogens (tertiary/aromatic N) is 4. The Morgan fingerprint density at radius 2 is 2.04 bits per heavy atom. The molecule has 3 aliphatic rings. The molecule has 2 N–H and O–H groups in total. The number of hydrogen-bond acceptors (Lipinski definition) is 5. The van der Waals surface area contributed by atoms with E-state index in [1.165, 1.54) is 37.1 Å². The van der Waals surface area contributed by atoms with Gasteiger partial charge in [-0.05, 0) is 58.5 Å². The van der Waals surface area contributed by atoms with Crippen LogP contribution in [0.5, 0.6) is 0 Å². The van der Waals surface area contributed by atoms with Crippen molar-refractivity contribution in [3.05, 3.63) is 17.0 Å². The summed E-state index contributed by atoms with van der Waals surface area (Å²) in [5, 5.41) is 18.9. The van der Waals surface area contributed by atoms with Gasteiger partial charge in [-0.3, -0.25) is 14.5 Å². The van der Waals surface area contributed by atoms with Gasteiger partial charge in [0.25, 0.3) is 0 Å². The van der Waals surface area contributed by atoms with Crippen LogP contribution in [0.3, 0.4) is 0 Å². The molecular weight excluding hydrogens is 338 g/mol. The first-order valence-electron chi connectivity index (χ1n) is 10.9. The lowest BCUT2D eigenvalue weighted by Crippen LogP contribution is -2.45. The highest BCUT2D eigenvalue weighted by Gasteiger charge is 2.47. The molecule has 152 valence electrons. The number of aromatic nitrogens is 2. The zero-order chi connectivity index (χ0) is 19.0. The summed E-state index contributed by atoms with van der Waals surface area (Å²) in [5.74, 6) is 0.606. The summed E-state index contributed by atoms with van der Waals surface area (Å²) >= 11 is 0. The van der Waals surface area contributed by atoms with E-state index in [-0.39, 0.29) is 11.6 Å². The fraction of sp³-hybridized carbons (Fsp3) is 0.857. The van der Waals surface area contributed by atoms with Crippen LogP contribution in [-0.4, -0.2) is 71.2 Å². The molecule has 1 atom stereocenters. The molecule has 3 heterocycles. The highest BCUT2D eigenvalue weighted by Crippen LogP contribution is 2.50. The lowest BCUT2D eigenvalue weighted by Gasteiger charge is -2.38. The number of aliphatic hydroxyl groups excluding tert-OH is 1. The summed E-state index contributed by atoms with van der Waals surface area (Å²) in [5.41, 5.74) is 4.51. The molecule has 0 bridgehead atoms. The molecule has 0 spiro atoms. The molecule has 1 saturated carbocycles. The number of likely N-dealkylation sites (tertiary alicyclic amines) is 1. The standard InChI is InChI=1S/C21H37N5O/c1-21(8-9-21)20(27)25-12-6-16(7-13-25)19-17(15-24(3)14-10-22-2)23-26-11-4-5-18(19)26/h16,20,22,27H,4-15H2,1-3H3. The van der Waals surface area contributed by atoms with Gasteiger partial charge in [0.15, 0.2) is 0 Å². The number of aliphatic hydroxyl groups is 1. The molecule has 0 radical (unpaired) electrons. The molecule has 2 aliphatic heterocycles. The predicted octanol–water partition coefficient (Wildman–Crippen LogP) is 1.78. The average molecular weight is 376 g/mol. The Morgan fingerprint density at radius 3 is 2.70 bits per heavy atom. The van der Waals surface area contributed by atoms with Crippen LogP contribution in [-0.2, 0) is 19.5 Å². The van der Waals surface area contributed by atoms with Gasteiger partial charge < -0.3 is 10.4 Å². The minimum absolute atomic E-state index is 0.160. The van der Waals surface area contributed by atoms with E-state index in [1.807, 2.05) is 7.05 Å². The Labute approximate surface area is 163 Å². The fourth-order valence-electron chi connectivity index (χ4n) is 4.96. The van der Waals surface area contributed by atoms with E-state index >= 15 is 0 Å². The molecule has 6 nitrogen and oxygen atoms in total. The topological polar surface area (TPSA) is 56.6 Å². The second-order valence-corrected chi connectivity index (χ2v) is 9.31. The SMILES string of the molecule is CNCCN(C)Cc1nn2c(c1C1CCN(C(O)C3(C)CC3)CC1)CCC2.